The molecule has 4 rings (SSSR count). The van der Waals surface area contributed by atoms with Crippen LogP contribution in [-0.2, 0) is 4.74 Å². The summed E-state index contributed by atoms with van der Waals surface area (Å²) in [5.74, 6) is 0.122. The van der Waals surface area contributed by atoms with Crippen molar-refractivity contribution in [3.05, 3.63) is 52.5 Å². The Morgan fingerprint density at radius 1 is 1.24 bits per heavy atom. The number of hydrogen-bond acceptors (Lipinski definition) is 5. The molecule has 0 saturated carbocycles. The minimum Gasteiger partial charge on any atom is -0.378 e. The number of para-hydroxylation sites is 2. The van der Waals surface area contributed by atoms with Crippen molar-refractivity contribution in [3.63, 3.8) is 0 Å². The number of amides is 2. The molecule has 1 fully saturated rings. The van der Waals surface area contributed by atoms with E-state index in [4.69, 9.17) is 16.3 Å². The van der Waals surface area contributed by atoms with E-state index in [0.29, 0.717) is 30.5 Å². The van der Waals surface area contributed by atoms with Gasteiger partial charge in [0.05, 0.1) is 44.8 Å². The van der Waals surface area contributed by atoms with Crippen LogP contribution in [0.25, 0.3) is 10.2 Å². The van der Waals surface area contributed by atoms with E-state index >= 15 is 0 Å². The fourth-order valence-corrected chi connectivity index (χ4v) is 4.64. The number of nitrogens with one attached hydrogen (secondary N) is 2. The maximum absolute atomic E-state index is 12.5. The lowest BCUT2D eigenvalue weighted by Crippen LogP contribution is -2.37. The largest absolute Gasteiger partial charge is 0.378 e. The van der Waals surface area contributed by atoms with Crippen molar-refractivity contribution < 1.29 is 9.53 Å². The first kappa shape index (κ1) is 19.9. The number of rotatable bonds is 5. The van der Waals surface area contributed by atoms with Gasteiger partial charge < -0.3 is 20.3 Å². The van der Waals surface area contributed by atoms with Crippen LogP contribution < -0.4 is 15.5 Å². The van der Waals surface area contributed by atoms with E-state index in [1.54, 1.807) is 11.3 Å². The van der Waals surface area contributed by atoms with Crippen LogP contribution in [0, 0.1) is 0 Å². The maximum atomic E-state index is 12.5. The SMILES string of the molecule is CC(CNC(=O)Nc1cccc(Cl)c1N1CCOCC1)c1nc2ccccc2s1. The number of morpholine rings is 1. The summed E-state index contributed by atoms with van der Waals surface area (Å²) in [5, 5.41) is 7.54. The molecule has 29 heavy (non-hydrogen) atoms. The number of anilines is 2. The molecule has 1 aliphatic rings. The summed E-state index contributed by atoms with van der Waals surface area (Å²) in [6.45, 7) is 5.35. The fourth-order valence-electron chi connectivity index (χ4n) is 3.32. The summed E-state index contributed by atoms with van der Waals surface area (Å²) in [5.41, 5.74) is 2.54. The normalized spacial score (nSPS) is 15.3. The molecule has 0 radical (unpaired) electrons. The monoisotopic (exact) mass is 430 g/mol. The highest BCUT2D eigenvalue weighted by atomic mass is 35.5. The van der Waals surface area contributed by atoms with E-state index in [0.717, 1.165) is 34.0 Å². The van der Waals surface area contributed by atoms with Gasteiger partial charge in [0, 0.05) is 25.6 Å². The molecule has 152 valence electrons. The minimum absolute atomic E-state index is 0.122. The van der Waals surface area contributed by atoms with Gasteiger partial charge >= 0.3 is 6.03 Å². The van der Waals surface area contributed by atoms with Gasteiger partial charge in [0.15, 0.2) is 0 Å². The summed E-state index contributed by atoms with van der Waals surface area (Å²) in [7, 11) is 0. The van der Waals surface area contributed by atoms with E-state index in [1.807, 2.05) is 36.4 Å². The van der Waals surface area contributed by atoms with Gasteiger partial charge in [0.25, 0.3) is 0 Å². The van der Waals surface area contributed by atoms with Crippen molar-refractivity contribution in [2.75, 3.05) is 43.1 Å². The van der Waals surface area contributed by atoms with Gasteiger partial charge in [-0.2, -0.15) is 0 Å². The van der Waals surface area contributed by atoms with Crippen molar-refractivity contribution >= 4 is 50.6 Å². The van der Waals surface area contributed by atoms with Crippen molar-refractivity contribution in [1.82, 2.24) is 10.3 Å². The molecule has 1 aromatic heterocycles. The molecule has 0 spiro atoms. The number of carbonyl (C=O) groups excluding carboxylic acids is 1. The van der Waals surface area contributed by atoms with Crippen LogP contribution in [-0.4, -0.2) is 43.9 Å². The fraction of sp³-hybridized carbons (Fsp3) is 0.333. The number of aromatic nitrogens is 1. The van der Waals surface area contributed by atoms with E-state index < -0.39 is 0 Å². The van der Waals surface area contributed by atoms with E-state index in [-0.39, 0.29) is 11.9 Å². The lowest BCUT2D eigenvalue weighted by atomic mass is 10.2. The van der Waals surface area contributed by atoms with Crippen LogP contribution in [0.1, 0.15) is 17.8 Å². The summed E-state index contributed by atoms with van der Waals surface area (Å²) in [6, 6.07) is 13.4. The average molecular weight is 431 g/mol. The number of thiazole rings is 1. The Hall–Kier alpha value is -2.35. The predicted molar refractivity (Wildman–Crippen MR) is 120 cm³/mol. The molecule has 0 bridgehead atoms. The Balaban J connectivity index is 1.40. The highest BCUT2D eigenvalue weighted by Crippen LogP contribution is 2.34. The summed E-state index contributed by atoms with van der Waals surface area (Å²) < 4.78 is 6.58. The zero-order valence-electron chi connectivity index (χ0n) is 16.2. The second-order valence-corrected chi connectivity index (χ2v) is 8.46. The standard InChI is InChI=1S/C21H23ClN4O2S/c1-14(20-24-16-6-2-3-8-18(16)29-20)13-23-21(27)25-17-7-4-5-15(22)19(17)26-9-11-28-12-10-26/h2-8,14H,9-13H2,1H3,(H2,23,25,27). The van der Waals surface area contributed by atoms with Crippen molar-refractivity contribution in [3.8, 4) is 0 Å². The summed E-state index contributed by atoms with van der Waals surface area (Å²) in [6.07, 6.45) is 0. The van der Waals surface area contributed by atoms with Gasteiger partial charge in [-0.15, -0.1) is 11.3 Å². The Morgan fingerprint density at radius 3 is 2.83 bits per heavy atom. The number of carbonyl (C=O) groups is 1. The molecule has 2 aromatic carbocycles. The topological polar surface area (TPSA) is 66.5 Å². The van der Waals surface area contributed by atoms with Crippen molar-refractivity contribution in [2.45, 2.75) is 12.8 Å². The number of nitrogens with zero attached hydrogens (tertiary/aromatic N) is 2. The van der Waals surface area contributed by atoms with Gasteiger partial charge in [-0.05, 0) is 24.3 Å². The van der Waals surface area contributed by atoms with Crippen LogP contribution in [0.3, 0.4) is 0 Å². The van der Waals surface area contributed by atoms with Gasteiger partial charge in [-0.1, -0.05) is 36.7 Å². The molecule has 3 aromatic rings. The van der Waals surface area contributed by atoms with Gasteiger partial charge in [0.2, 0.25) is 0 Å². The summed E-state index contributed by atoms with van der Waals surface area (Å²) >= 11 is 8.10. The second-order valence-electron chi connectivity index (χ2n) is 6.99. The lowest BCUT2D eigenvalue weighted by Gasteiger charge is -2.31. The maximum Gasteiger partial charge on any atom is 0.319 e. The smallest absolute Gasteiger partial charge is 0.319 e. The highest BCUT2D eigenvalue weighted by molar-refractivity contribution is 7.18. The highest BCUT2D eigenvalue weighted by Gasteiger charge is 2.19. The van der Waals surface area contributed by atoms with Crippen molar-refractivity contribution in [2.24, 2.45) is 0 Å². The van der Waals surface area contributed by atoms with Crippen LogP contribution in [0.15, 0.2) is 42.5 Å². The first-order valence-corrected chi connectivity index (χ1v) is 10.8. The lowest BCUT2D eigenvalue weighted by molar-refractivity contribution is 0.123. The molecule has 0 aliphatic carbocycles. The molecule has 1 aliphatic heterocycles. The third-order valence-corrected chi connectivity index (χ3v) is 6.44. The first-order chi connectivity index (χ1) is 14.1. The van der Waals surface area contributed by atoms with Crippen LogP contribution in [0.5, 0.6) is 0 Å². The number of fused-ring (bicyclic) bond motifs is 1. The van der Waals surface area contributed by atoms with Gasteiger partial charge in [0.1, 0.15) is 0 Å². The molecule has 2 amide bonds. The Labute approximate surface area is 178 Å². The molecular weight excluding hydrogens is 408 g/mol. The molecule has 1 saturated heterocycles. The quantitative estimate of drug-likeness (QED) is 0.615. The van der Waals surface area contributed by atoms with Crippen LogP contribution in [0.4, 0.5) is 16.2 Å². The number of benzene rings is 2. The second kappa shape index (κ2) is 8.98. The molecule has 6 nitrogen and oxygen atoms in total. The molecule has 8 heteroatoms. The Bertz CT molecular complexity index is 970. The number of ether oxygens (including phenoxy) is 1. The molecule has 1 atom stereocenters. The number of hydrogen-bond donors (Lipinski definition) is 2. The molecule has 2 N–H and O–H groups in total. The zero-order valence-corrected chi connectivity index (χ0v) is 17.7. The molecular formula is C21H23ClN4O2S. The average Bonchev–Trinajstić information content (AvgIpc) is 3.17. The zero-order chi connectivity index (χ0) is 20.2. The molecule has 1 unspecified atom stereocenters. The third kappa shape index (κ3) is 4.63. The predicted octanol–water partition coefficient (Wildman–Crippen LogP) is 4.71. The van der Waals surface area contributed by atoms with E-state index in [2.05, 4.69) is 33.5 Å². The van der Waals surface area contributed by atoms with Crippen molar-refractivity contribution in [1.29, 1.82) is 0 Å². The van der Waals surface area contributed by atoms with Crippen LogP contribution >= 0.6 is 22.9 Å². The van der Waals surface area contributed by atoms with Gasteiger partial charge in [-0.25, -0.2) is 9.78 Å². The Kier molecular flexibility index (Phi) is 6.18. The first-order valence-electron chi connectivity index (χ1n) is 9.63. The minimum atomic E-state index is -0.255. The van der Waals surface area contributed by atoms with Crippen LogP contribution in [0.2, 0.25) is 5.02 Å². The van der Waals surface area contributed by atoms with Gasteiger partial charge in [-0.3, -0.25) is 0 Å². The Morgan fingerprint density at radius 2 is 2.03 bits per heavy atom. The molecule has 2 heterocycles. The number of urea groups is 1. The van der Waals surface area contributed by atoms with E-state index in [9.17, 15) is 4.79 Å². The summed E-state index contributed by atoms with van der Waals surface area (Å²) in [4.78, 5) is 19.4. The number of halogens is 1. The van der Waals surface area contributed by atoms with E-state index in [1.165, 1.54) is 0 Å². The third-order valence-electron chi connectivity index (χ3n) is 4.86.